The molecule has 0 bridgehead atoms. The second kappa shape index (κ2) is 21.0. The highest BCUT2D eigenvalue weighted by Crippen LogP contribution is 2.13. The van der Waals surface area contributed by atoms with Gasteiger partial charge in [0.15, 0.2) is 0 Å². The van der Waals surface area contributed by atoms with Crippen LogP contribution in [0.5, 0.6) is 0 Å². The fourth-order valence-electron chi connectivity index (χ4n) is 2.88. The largest absolute Gasteiger partial charge is 0.500 e. The summed E-state index contributed by atoms with van der Waals surface area (Å²) in [6, 6.07) is 1.92. The average Bonchev–Trinajstić information content (AvgIpc) is 2.57. The lowest BCUT2D eigenvalue weighted by Crippen LogP contribution is -1.88. The molecule has 2 nitrogen and oxygen atoms in total. The lowest BCUT2D eigenvalue weighted by atomic mass is 10.0. The Labute approximate surface area is 145 Å². The highest BCUT2D eigenvalue weighted by Gasteiger charge is 1.94. The number of hydrogen-bond acceptors (Lipinski definition) is 2. The number of nitrogens with zero attached hydrogens (tertiary/aromatic N) is 1. The molecule has 0 N–H and O–H groups in total. The molecule has 23 heavy (non-hydrogen) atoms. The molecule has 2 heteroatoms. The Kier molecular flexibility index (Phi) is 20.1. The predicted molar refractivity (Wildman–Crippen MR) is 100 cm³/mol. The monoisotopic (exact) mass is 321 g/mol. The third-order valence-corrected chi connectivity index (χ3v) is 4.35. The number of rotatable bonds is 18. The minimum absolute atomic E-state index is 0.747. The van der Waals surface area contributed by atoms with E-state index in [0.29, 0.717) is 0 Å². The first kappa shape index (κ1) is 22.0. The summed E-state index contributed by atoms with van der Waals surface area (Å²) in [6.07, 6.45) is 25.1. The van der Waals surface area contributed by atoms with E-state index in [1.807, 2.05) is 6.07 Å². The maximum Gasteiger partial charge on any atom is 0.0944 e. The van der Waals surface area contributed by atoms with Gasteiger partial charge in [-0.3, -0.25) is 0 Å². The Morgan fingerprint density at radius 3 is 1.43 bits per heavy atom. The molecule has 0 rings (SSSR count). The number of allylic oxidation sites excluding steroid dienone is 1. The highest BCUT2D eigenvalue weighted by atomic mass is 16.5. The number of unbranched alkanes of at least 4 members (excludes halogenated alkanes) is 15. The minimum Gasteiger partial charge on any atom is -0.500 e. The summed E-state index contributed by atoms with van der Waals surface area (Å²) in [4.78, 5) is 0. The molecule has 0 aliphatic carbocycles. The molecule has 0 aliphatic heterocycles. The quantitative estimate of drug-likeness (QED) is 0.151. The van der Waals surface area contributed by atoms with Crippen LogP contribution in [0.15, 0.2) is 12.3 Å². The molecule has 0 fully saturated rings. The van der Waals surface area contributed by atoms with Crippen LogP contribution < -0.4 is 0 Å². The van der Waals surface area contributed by atoms with Crippen molar-refractivity contribution in [3.8, 4) is 6.07 Å². The van der Waals surface area contributed by atoms with Crippen LogP contribution in [0.3, 0.4) is 0 Å². The number of ether oxygens (including phenoxy) is 1. The van der Waals surface area contributed by atoms with Gasteiger partial charge < -0.3 is 4.74 Å². The molecule has 0 aromatic carbocycles. The smallest absolute Gasteiger partial charge is 0.0944 e. The van der Waals surface area contributed by atoms with Crippen LogP contribution in [0.1, 0.15) is 110 Å². The topological polar surface area (TPSA) is 33.0 Å². The van der Waals surface area contributed by atoms with Crippen LogP contribution in [0.2, 0.25) is 0 Å². The first-order valence-corrected chi connectivity index (χ1v) is 10.1. The van der Waals surface area contributed by atoms with Crippen molar-refractivity contribution in [2.45, 2.75) is 110 Å². The van der Waals surface area contributed by atoms with E-state index in [1.165, 1.54) is 109 Å². The molecular weight excluding hydrogens is 282 g/mol. The zero-order valence-electron chi connectivity index (χ0n) is 15.5. The molecule has 0 aromatic rings. The van der Waals surface area contributed by atoms with Gasteiger partial charge in [-0.05, 0) is 6.42 Å². The highest BCUT2D eigenvalue weighted by molar-refractivity contribution is 4.97. The molecule has 0 spiro atoms. The summed E-state index contributed by atoms with van der Waals surface area (Å²) < 4.78 is 5.19. The Bertz CT molecular complexity index is 280. The second-order valence-electron chi connectivity index (χ2n) is 6.61. The van der Waals surface area contributed by atoms with E-state index >= 15 is 0 Å². The fourth-order valence-corrected chi connectivity index (χ4v) is 2.88. The Morgan fingerprint density at radius 1 is 0.652 bits per heavy atom. The van der Waals surface area contributed by atoms with Crippen molar-refractivity contribution in [1.29, 1.82) is 5.26 Å². The van der Waals surface area contributed by atoms with E-state index in [0.717, 1.165) is 13.0 Å². The van der Waals surface area contributed by atoms with Crippen LogP contribution in [-0.2, 0) is 4.74 Å². The van der Waals surface area contributed by atoms with Gasteiger partial charge in [0.05, 0.1) is 25.0 Å². The van der Waals surface area contributed by atoms with E-state index < -0.39 is 0 Å². The van der Waals surface area contributed by atoms with Crippen molar-refractivity contribution in [1.82, 2.24) is 0 Å². The fraction of sp³-hybridized carbons (Fsp3) is 0.857. The van der Waals surface area contributed by atoms with Gasteiger partial charge in [0, 0.05) is 0 Å². The van der Waals surface area contributed by atoms with E-state index in [9.17, 15) is 0 Å². The molecule has 0 atom stereocenters. The van der Waals surface area contributed by atoms with Gasteiger partial charge in [0.1, 0.15) is 0 Å². The van der Waals surface area contributed by atoms with Crippen LogP contribution >= 0.6 is 0 Å². The summed E-state index contributed by atoms with van der Waals surface area (Å²) in [6.45, 7) is 3.03. The Hall–Kier alpha value is -0.970. The SMILES string of the molecule is CCCCCCCCCCCCCCCCCCOC=CC#N. The maximum atomic E-state index is 8.29. The Balaban J connectivity index is 2.97. The molecule has 0 radical (unpaired) electrons. The molecule has 0 aromatic heterocycles. The lowest BCUT2D eigenvalue weighted by Gasteiger charge is -2.03. The normalized spacial score (nSPS) is 11.0. The molecule has 0 heterocycles. The van der Waals surface area contributed by atoms with Gasteiger partial charge in [0.2, 0.25) is 0 Å². The molecule has 0 saturated heterocycles. The lowest BCUT2D eigenvalue weighted by molar-refractivity contribution is 0.240. The molecule has 134 valence electrons. The average molecular weight is 322 g/mol. The number of hydrogen-bond donors (Lipinski definition) is 0. The van der Waals surface area contributed by atoms with Gasteiger partial charge >= 0.3 is 0 Å². The van der Waals surface area contributed by atoms with Crippen molar-refractivity contribution >= 4 is 0 Å². The van der Waals surface area contributed by atoms with E-state index in [2.05, 4.69) is 6.92 Å². The van der Waals surface area contributed by atoms with Crippen LogP contribution in [0.25, 0.3) is 0 Å². The second-order valence-corrected chi connectivity index (χ2v) is 6.61. The van der Waals surface area contributed by atoms with Gasteiger partial charge in [-0.25, -0.2) is 0 Å². The van der Waals surface area contributed by atoms with Crippen molar-refractivity contribution in [3.63, 3.8) is 0 Å². The summed E-state index contributed by atoms with van der Waals surface area (Å²) in [7, 11) is 0. The predicted octanol–water partition coefficient (Wildman–Crippen LogP) is 7.30. The van der Waals surface area contributed by atoms with Gasteiger partial charge in [-0.1, -0.05) is 103 Å². The maximum absolute atomic E-state index is 8.29. The summed E-state index contributed by atoms with van der Waals surface area (Å²) in [5.74, 6) is 0. The zero-order chi connectivity index (χ0) is 16.8. The van der Waals surface area contributed by atoms with Gasteiger partial charge in [-0.2, -0.15) is 5.26 Å². The summed E-state index contributed by atoms with van der Waals surface area (Å²) >= 11 is 0. The first-order chi connectivity index (χ1) is 11.4. The van der Waals surface area contributed by atoms with Crippen LogP contribution in [-0.4, -0.2) is 6.61 Å². The zero-order valence-corrected chi connectivity index (χ0v) is 15.5. The van der Waals surface area contributed by atoms with Gasteiger partial charge in [-0.15, -0.1) is 0 Å². The van der Waals surface area contributed by atoms with Crippen LogP contribution in [0.4, 0.5) is 0 Å². The number of nitriles is 1. The minimum atomic E-state index is 0.747. The van der Waals surface area contributed by atoms with E-state index in [-0.39, 0.29) is 0 Å². The third-order valence-electron chi connectivity index (χ3n) is 4.35. The summed E-state index contributed by atoms with van der Waals surface area (Å²) in [5.41, 5.74) is 0. The van der Waals surface area contributed by atoms with Crippen molar-refractivity contribution in [2.24, 2.45) is 0 Å². The summed E-state index contributed by atoms with van der Waals surface area (Å²) in [5, 5.41) is 8.29. The van der Waals surface area contributed by atoms with Crippen molar-refractivity contribution < 1.29 is 4.74 Å². The molecular formula is C21H39NO. The van der Waals surface area contributed by atoms with Crippen LogP contribution in [0, 0.1) is 11.3 Å². The standard InChI is InChI=1S/C21H39NO/c1-2-3-4-5-6-7-8-9-10-11-12-13-14-15-16-17-20-23-21-18-19-22/h18,21H,2-17,20H2,1H3. The van der Waals surface area contributed by atoms with E-state index in [4.69, 9.17) is 10.00 Å². The third kappa shape index (κ3) is 21.0. The van der Waals surface area contributed by atoms with Gasteiger partial charge in [0.25, 0.3) is 0 Å². The molecule has 0 unspecified atom stereocenters. The van der Waals surface area contributed by atoms with E-state index in [1.54, 1.807) is 0 Å². The van der Waals surface area contributed by atoms with Crippen molar-refractivity contribution in [3.05, 3.63) is 12.3 Å². The molecule has 0 aliphatic rings. The Morgan fingerprint density at radius 2 is 1.04 bits per heavy atom. The molecule has 0 amide bonds. The van der Waals surface area contributed by atoms with Crippen molar-refractivity contribution in [2.75, 3.05) is 6.61 Å². The first-order valence-electron chi connectivity index (χ1n) is 10.1. The molecule has 0 saturated carbocycles.